The Kier molecular flexibility index (Phi) is 5.19. The molecule has 0 bridgehead atoms. The molecule has 0 saturated carbocycles. The first-order chi connectivity index (χ1) is 12.8. The van der Waals surface area contributed by atoms with Gasteiger partial charge in [-0.25, -0.2) is 4.79 Å². The number of methoxy groups -OCH3 is 1. The van der Waals surface area contributed by atoms with Crippen LogP contribution >= 0.6 is 11.6 Å². The topological polar surface area (TPSA) is 89.7 Å². The second-order valence-electron chi connectivity index (χ2n) is 6.68. The maximum absolute atomic E-state index is 12.6. The van der Waals surface area contributed by atoms with Crippen LogP contribution < -0.4 is 5.73 Å². The fourth-order valence-electron chi connectivity index (χ4n) is 3.23. The van der Waals surface area contributed by atoms with Crippen molar-refractivity contribution in [1.82, 2.24) is 4.90 Å². The maximum atomic E-state index is 12.6. The quantitative estimate of drug-likeness (QED) is 0.798. The van der Waals surface area contributed by atoms with Crippen LogP contribution in [0, 0.1) is 5.41 Å². The van der Waals surface area contributed by atoms with Crippen LogP contribution in [0.5, 0.6) is 0 Å². The Hall–Kier alpha value is -2.86. The zero-order valence-corrected chi connectivity index (χ0v) is 15.5. The normalized spacial score (nSPS) is 15.0. The zero-order chi connectivity index (χ0) is 19.6. The Morgan fingerprint density at radius 2 is 1.59 bits per heavy atom. The predicted molar refractivity (Wildman–Crippen MR) is 100 cm³/mol. The van der Waals surface area contributed by atoms with E-state index >= 15 is 0 Å². The molecule has 0 radical (unpaired) electrons. The Bertz CT molecular complexity index is 872. The smallest absolute Gasteiger partial charge is 0.337 e. The van der Waals surface area contributed by atoms with E-state index in [9.17, 15) is 14.4 Å². The van der Waals surface area contributed by atoms with E-state index in [1.807, 2.05) is 12.1 Å². The van der Waals surface area contributed by atoms with Gasteiger partial charge in [0.2, 0.25) is 5.91 Å². The van der Waals surface area contributed by atoms with Gasteiger partial charge in [0.1, 0.15) is 0 Å². The molecule has 1 saturated heterocycles. The highest BCUT2D eigenvalue weighted by atomic mass is 35.5. The van der Waals surface area contributed by atoms with Crippen LogP contribution in [0.3, 0.4) is 0 Å². The average molecular weight is 387 g/mol. The van der Waals surface area contributed by atoms with Gasteiger partial charge in [-0.2, -0.15) is 0 Å². The highest BCUT2D eigenvalue weighted by molar-refractivity contribution is 6.30. The van der Waals surface area contributed by atoms with Crippen molar-refractivity contribution in [2.24, 2.45) is 11.1 Å². The number of hydrogen-bond acceptors (Lipinski definition) is 4. The molecule has 1 aliphatic rings. The minimum absolute atomic E-state index is 0.209. The highest BCUT2D eigenvalue weighted by Gasteiger charge is 2.49. The van der Waals surface area contributed by atoms with Gasteiger partial charge in [-0.1, -0.05) is 23.7 Å². The molecule has 27 heavy (non-hydrogen) atoms. The third-order valence-electron chi connectivity index (χ3n) is 4.81. The van der Waals surface area contributed by atoms with Gasteiger partial charge in [0.15, 0.2) is 0 Å². The molecule has 2 N–H and O–H groups in total. The van der Waals surface area contributed by atoms with Crippen molar-refractivity contribution >= 4 is 29.4 Å². The van der Waals surface area contributed by atoms with Gasteiger partial charge >= 0.3 is 5.97 Å². The van der Waals surface area contributed by atoms with Crippen LogP contribution in [-0.4, -0.2) is 42.9 Å². The molecule has 140 valence electrons. The average Bonchev–Trinajstić information content (AvgIpc) is 2.64. The molecule has 2 aromatic rings. The Labute approximate surface area is 161 Å². The summed E-state index contributed by atoms with van der Waals surface area (Å²) in [6, 6.07) is 13.4. The van der Waals surface area contributed by atoms with Gasteiger partial charge in [-0.3, -0.25) is 9.59 Å². The Morgan fingerprint density at radius 1 is 1.04 bits per heavy atom. The highest BCUT2D eigenvalue weighted by Crippen LogP contribution is 2.35. The molecule has 0 unspecified atom stereocenters. The number of rotatable bonds is 5. The van der Waals surface area contributed by atoms with Crippen molar-refractivity contribution in [3.8, 4) is 0 Å². The third-order valence-corrected chi connectivity index (χ3v) is 5.06. The molecule has 1 heterocycles. The summed E-state index contributed by atoms with van der Waals surface area (Å²) in [5, 5.41) is 0.618. The largest absolute Gasteiger partial charge is 0.465 e. The molecule has 0 aromatic heterocycles. The molecule has 1 aliphatic heterocycles. The van der Waals surface area contributed by atoms with E-state index in [0.29, 0.717) is 22.6 Å². The first kappa shape index (κ1) is 18.9. The lowest BCUT2D eigenvalue weighted by molar-refractivity contribution is -0.135. The van der Waals surface area contributed by atoms with Gasteiger partial charge in [0, 0.05) is 23.7 Å². The number of nitrogens with two attached hydrogens (primary N) is 1. The second kappa shape index (κ2) is 7.40. The van der Waals surface area contributed by atoms with Gasteiger partial charge < -0.3 is 15.4 Å². The number of ether oxygens (including phenoxy) is 1. The molecule has 0 aliphatic carbocycles. The number of benzene rings is 2. The van der Waals surface area contributed by atoms with Crippen LogP contribution in [0.1, 0.15) is 26.3 Å². The van der Waals surface area contributed by atoms with Gasteiger partial charge in [-0.05, 0) is 48.4 Å². The maximum Gasteiger partial charge on any atom is 0.337 e. The minimum Gasteiger partial charge on any atom is -0.465 e. The molecule has 0 atom stereocenters. The van der Waals surface area contributed by atoms with Crippen LogP contribution in [0.2, 0.25) is 5.02 Å². The van der Waals surface area contributed by atoms with E-state index in [1.165, 1.54) is 19.2 Å². The van der Waals surface area contributed by atoms with Crippen LogP contribution in [-0.2, 0) is 16.0 Å². The lowest BCUT2D eigenvalue weighted by Crippen LogP contribution is -2.64. The molecular formula is C20H19ClN2O4. The first-order valence-electron chi connectivity index (χ1n) is 8.37. The van der Waals surface area contributed by atoms with E-state index in [0.717, 1.165) is 5.56 Å². The van der Waals surface area contributed by atoms with Crippen molar-refractivity contribution in [2.75, 3.05) is 20.2 Å². The van der Waals surface area contributed by atoms with Crippen molar-refractivity contribution < 1.29 is 19.1 Å². The number of halogens is 1. The predicted octanol–water partition coefficient (Wildman–Crippen LogP) is 2.30. The van der Waals surface area contributed by atoms with Gasteiger partial charge in [0.25, 0.3) is 5.91 Å². The molecule has 0 spiro atoms. The zero-order valence-electron chi connectivity index (χ0n) is 14.8. The van der Waals surface area contributed by atoms with Gasteiger partial charge in [0.05, 0.1) is 18.1 Å². The van der Waals surface area contributed by atoms with E-state index in [-0.39, 0.29) is 19.0 Å². The first-order valence-corrected chi connectivity index (χ1v) is 8.74. The molecule has 2 aromatic carbocycles. The van der Waals surface area contributed by atoms with Crippen molar-refractivity contribution in [3.05, 3.63) is 70.2 Å². The van der Waals surface area contributed by atoms with Gasteiger partial charge in [-0.15, -0.1) is 0 Å². The monoisotopic (exact) mass is 386 g/mol. The molecule has 6 nitrogen and oxygen atoms in total. The number of esters is 1. The summed E-state index contributed by atoms with van der Waals surface area (Å²) in [5.41, 5.74) is 6.59. The lowest BCUT2D eigenvalue weighted by Gasteiger charge is -2.48. The fraction of sp³-hybridized carbons (Fsp3) is 0.250. The number of nitrogens with zero attached hydrogens (tertiary/aromatic N) is 1. The van der Waals surface area contributed by atoms with Crippen LogP contribution in [0.25, 0.3) is 0 Å². The fourth-order valence-corrected chi connectivity index (χ4v) is 3.35. The summed E-state index contributed by atoms with van der Waals surface area (Å²) >= 11 is 5.89. The van der Waals surface area contributed by atoms with E-state index in [2.05, 4.69) is 4.74 Å². The summed E-state index contributed by atoms with van der Waals surface area (Å²) in [7, 11) is 1.30. The molecule has 3 rings (SSSR count). The molecule has 7 heteroatoms. The Morgan fingerprint density at radius 3 is 2.11 bits per heavy atom. The number of primary amides is 1. The second-order valence-corrected chi connectivity index (χ2v) is 7.11. The molecule has 1 fully saturated rings. The summed E-state index contributed by atoms with van der Waals surface area (Å²) in [5.74, 6) is -1.10. The SMILES string of the molecule is COC(=O)c1ccc(C(=O)N2CC(Cc3ccc(Cl)cc3)(C(N)=O)C2)cc1. The summed E-state index contributed by atoms with van der Waals surface area (Å²) in [6.07, 6.45) is 0.449. The lowest BCUT2D eigenvalue weighted by atomic mass is 9.74. The summed E-state index contributed by atoms with van der Waals surface area (Å²) in [6.45, 7) is 0.505. The summed E-state index contributed by atoms with van der Waals surface area (Å²) < 4.78 is 4.64. The molecule has 2 amide bonds. The minimum atomic E-state index is -0.782. The van der Waals surface area contributed by atoms with Crippen molar-refractivity contribution in [1.29, 1.82) is 0 Å². The standard InChI is InChI=1S/C20H19ClN2O4/c1-27-18(25)15-6-4-14(5-7-15)17(24)23-11-20(12-23,19(22)26)10-13-2-8-16(21)9-3-13/h2-9H,10-12H2,1H3,(H2,22,26). The number of amides is 2. The number of carbonyl (C=O) groups excluding carboxylic acids is 3. The Balaban J connectivity index is 1.69. The van der Waals surface area contributed by atoms with E-state index < -0.39 is 17.3 Å². The van der Waals surface area contributed by atoms with E-state index in [4.69, 9.17) is 17.3 Å². The third kappa shape index (κ3) is 3.80. The number of likely N-dealkylation sites (tertiary alicyclic amines) is 1. The van der Waals surface area contributed by atoms with Crippen molar-refractivity contribution in [2.45, 2.75) is 6.42 Å². The van der Waals surface area contributed by atoms with E-state index in [1.54, 1.807) is 29.2 Å². The number of carbonyl (C=O) groups is 3. The summed E-state index contributed by atoms with van der Waals surface area (Å²) in [4.78, 5) is 37.7. The molecular weight excluding hydrogens is 368 g/mol. The van der Waals surface area contributed by atoms with Crippen molar-refractivity contribution in [3.63, 3.8) is 0 Å². The number of hydrogen-bond donors (Lipinski definition) is 1. The van der Waals surface area contributed by atoms with Crippen LogP contribution in [0.15, 0.2) is 48.5 Å². The van der Waals surface area contributed by atoms with Crippen LogP contribution in [0.4, 0.5) is 0 Å².